The van der Waals surface area contributed by atoms with Crippen molar-refractivity contribution in [2.75, 3.05) is 7.11 Å². The average Bonchev–Trinajstić information content (AvgIpc) is 2.26. The maximum atomic E-state index is 5.89. The Morgan fingerprint density at radius 3 is 2.87 bits per heavy atom. The Labute approximate surface area is 92.8 Å². The molecule has 1 heterocycles. The summed E-state index contributed by atoms with van der Waals surface area (Å²) in [6.45, 7) is 0.449. The van der Waals surface area contributed by atoms with Gasteiger partial charge in [0.1, 0.15) is 10.9 Å². The number of nitrogens with two attached hydrogens (primary N) is 1. The van der Waals surface area contributed by atoms with Crippen molar-refractivity contribution in [2.45, 2.75) is 6.54 Å². The van der Waals surface area contributed by atoms with Gasteiger partial charge in [0.2, 0.25) is 0 Å². The molecule has 4 heteroatoms. The van der Waals surface area contributed by atoms with E-state index in [9.17, 15) is 0 Å². The van der Waals surface area contributed by atoms with Gasteiger partial charge in [-0.3, -0.25) is 0 Å². The lowest BCUT2D eigenvalue weighted by Crippen LogP contribution is -1.98. The molecule has 2 N–H and O–H groups in total. The van der Waals surface area contributed by atoms with Crippen LogP contribution in [0.4, 0.5) is 0 Å². The van der Waals surface area contributed by atoms with Gasteiger partial charge in [-0.1, -0.05) is 11.6 Å². The van der Waals surface area contributed by atoms with Crippen molar-refractivity contribution in [1.29, 1.82) is 0 Å². The van der Waals surface area contributed by atoms with E-state index in [4.69, 9.17) is 22.1 Å². The second-order valence-corrected chi connectivity index (χ2v) is 3.58. The van der Waals surface area contributed by atoms with Crippen LogP contribution in [0.1, 0.15) is 5.56 Å². The first-order valence-electron chi connectivity index (χ1n) is 4.58. The number of ether oxygens (including phenoxy) is 1. The van der Waals surface area contributed by atoms with Gasteiger partial charge in [-0.15, -0.1) is 0 Å². The van der Waals surface area contributed by atoms with E-state index in [2.05, 4.69) is 4.98 Å². The number of benzene rings is 1. The molecular weight excluding hydrogens is 212 g/mol. The number of rotatable bonds is 2. The zero-order chi connectivity index (χ0) is 10.8. The Balaban J connectivity index is 2.72. The van der Waals surface area contributed by atoms with Crippen molar-refractivity contribution < 1.29 is 4.74 Å². The molecule has 15 heavy (non-hydrogen) atoms. The van der Waals surface area contributed by atoms with Gasteiger partial charge in [0.05, 0.1) is 12.6 Å². The fourth-order valence-corrected chi connectivity index (χ4v) is 1.76. The number of hydrogen-bond donors (Lipinski definition) is 1. The molecule has 78 valence electrons. The van der Waals surface area contributed by atoms with E-state index in [0.717, 1.165) is 22.2 Å². The second-order valence-electron chi connectivity index (χ2n) is 3.19. The van der Waals surface area contributed by atoms with E-state index in [1.165, 1.54) is 0 Å². The van der Waals surface area contributed by atoms with E-state index >= 15 is 0 Å². The van der Waals surface area contributed by atoms with E-state index in [1.54, 1.807) is 13.2 Å². The monoisotopic (exact) mass is 222 g/mol. The summed E-state index contributed by atoms with van der Waals surface area (Å²) in [5.41, 5.74) is 7.44. The van der Waals surface area contributed by atoms with Gasteiger partial charge >= 0.3 is 0 Å². The first-order valence-corrected chi connectivity index (χ1v) is 4.95. The minimum atomic E-state index is 0.449. The van der Waals surface area contributed by atoms with Gasteiger partial charge in [0.15, 0.2) is 0 Å². The summed E-state index contributed by atoms with van der Waals surface area (Å²) in [6, 6.07) is 7.47. The third-order valence-electron chi connectivity index (χ3n) is 2.29. The molecule has 0 aliphatic carbocycles. The molecule has 0 saturated carbocycles. The zero-order valence-corrected chi connectivity index (χ0v) is 9.08. The normalized spacial score (nSPS) is 10.6. The van der Waals surface area contributed by atoms with Gasteiger partial charge in [-0.25, -0.2) is 4.98 Å². The summed E-state index contributed by atoms with van der Waals surface area (Å²) in [5, 5.41) is 1.47. The van der Waals surface area contributed by atoms with E-state index in [1.807, 2.05) is 18.2 Å². The van der Waals surface area contributed by atoms with Crippen molar-refractivity contribution in [3.05, 3.63) is 35.0 Å². The first kappa shape index (κ1) is 10.2. The lowest BCUT2D eigenvalue weighted by Gasteiger charge is -2.06. The van der Waals surface area contributed by atoms with Gasteiger partial charge in [0.25, 0.3) is 0 Å². The maximum absolute atomic E-state index is 5.89. The Kier molecular flexibility index (Phi) is 2.75. The van der Waals surface area contributed by atoms with E-state index in [0.29, 0.717) is 11.7 Å². The Morgan fingerprint density at radius 2 is 2.20 bits per heavy atom. The molecule has 0 amide bonds. The highest BCUT2D eigenvalue weighted by molar-refractivity contribution is 6.29. The van der Waals surface area contributed by atoms with Gasteiger partial charge < -0.3 is 10.5 Å². The molecule has 0 saturated heterocycles. The molecule has 3 nitrogen and oxygen atoms in total. The standard InChI is InChI=1S/C11H11ClN2O/c1-15-8-2-3-9-7(6-13)4-11(12)14-10(9)5-8/h2-5H,6,13H2,1H3. The van der Waals surface area contributed by atoms with Crippen molar-refractivity contribution >= 4 is 22.5 Å². The predicted octanol–water partition coefficient (Wildman–Crippen LogP) is 2.36. The van der Waals surface area contributed by atoms with Crippen LogP contribution in [-0.2, 0) is 6.54 Å². The van der Waals surface area contributed by atoms with E-state index in [-0.39, 0.29) is 0 Å². The Morgan fingerprint density at radius 1 is 1.40 bits per heavy atom. The summed E-state index contributed by atoms with van der Waals surface area (Å²) in [4.78, 5) is 4.22. The molecule has 0 fully saturated rings. The van der Waals surface area contributed by atoms with Crippen LogP contribution in [0.5, 0.6) is 5.75 Å². The molecule has 0 radical (unpaired) electrons. The third kappa shape index (κ3) is 1.89. The zero-order valence-electron chi connectivity index (χ0n) is 8.33. The van der Waals surface area contributed by atoms with Crippen molar-refractivity contribution in [2.24, 2.45) is 5.73 Å². The summed E-state index contributed by atoms with van der Waals surface area (Å²) >= 11 is 5.89. The van der Waals surface area contributed by atoms with Crippen molar-refractivity contribution in [3.63, 3.8) is 0 Å². The second kappa shape index (κ2) is 4.04. The fraction of sp³-hybridized carbons (Fsp3) is 0.182. The number of aromatic nitrogens is 1. The number of halogens is 1. The van der Waals surface area contributed by atoms with Crippen LogP contribution in [0.3, 0.4) is 0 Å². The molecule has 2 rings (SSSR count). The molecule has 0 bridgehead atoms. The molecule has 0 spiro atoms. The highest BCUT2D eigenvalue weighted by Gasteiger charge is 2.04. The molecule has 1 aromatic heterocycles. The van der Waals surface area contributed by atoms with Crippen molar-refractivity contribution in [3.8, 4) is 5.75 Å². The number of nitrogens with zero attached hydrogens (tertiary/aromatic N) is 1. The minimum Gasteiger partial charge on any atom is -0.497 e. The minimum absolute atomic E-state index is 0.449. The summed E-state index contributed by atoms with van der Waals surface area (Å²) in [5.74, 6) is 0.764. The molecule has 0 unspecified atom stereocenters. The summed E-state index contributed by atoms with van der Waals surface area (Å²) in [7, 11) is 1.62. The Hall–Kier alpha value is -1.32. The molecular formula is C11H11ClN2O. The van der Waals surface area contributed by atoms with Crippen LogP contribution < -0.4 is 10.5 Å². The van der Waals surface area contributed by atoms with Crippen LogP contribution in [0.25, 0.3) is 10.9 Å². The molecule has 1 aromatic carbocycles. The SMILES string of the molecule is COc1ccc2c(CN)cc(Cl)nc2c1. The first-order chi connectivity index (χ1) is 7.24. The summed E-state index contributed by atoms with van der Waals surface area (Å²) in [6.07, 6.45) is 0. The molecule has 0 aliphatic rings. The highest BCUT2D eigenvalue weighted by atomic mass is 35.5. The number of pyridine rings is 1. The fourth-order valence-electron chi connectivity index (χ4n) is 1.54. The summed E-state index contributed by atoms with van der Waals surface area (Å²) < 4.78 is 5.12. The molecule has 0 aliphatic heterocycles. The average molecular weight is 223 g/mol. The maximum Gasteiger partial charge on any atom is 0.130 e. The van der Waals surface area contributed by atoms with Crippen LogP contribution in [0.15, 0.2) is 24.3 Å². The van der Waals surface area contributed by atoms with Gasteiger partial charge in [-0.2, -0.15) is 0 Å². The topological polar surface area (TPSA) is 48.1 Å². The van der Waals surface area contributed by atoms with Gasteiger partial charge in [0, 0.05) is 18.0 Å². The Bertz CT molecular complexity index is 499. The largest absolute Gasteiger partial charge is 0.497 e. The quantitative estimate of drug-likeness (QED) is 0.794. The van der Waals surface area contributed by atoms with Crippen LogP contribution in [0.2, 0.25) is 5.15 Å². The van der Waals surface area contributed by atoms with Crippen LogP contribution >= 0.6 is 11.6 Å². The molecule has 2 aromatic rings. The lowest BCUT2D eigenvalue weighted by atomic mass is 10.1. The van der Waals surface area contributed by atoms with E-state index < -0.39 is 0 Å². The third-order valence-corrected chi connectivity index (χ3v) is 2.48. The molecule has 0 atom stereocenters. The van der Waals surface area contributed by atoms with Gasteiger partial charge in [-0.05, 0) is 23.8 Å². The van der Waals surface area contributed by atoms with Crippen LogP contribution in [0, 0.1) is 0 Å². The smallest absolute Gasteiger partial charge is 0.130 e. The number of fused-ring (bicyclic) bond motifs is 1. The number of methoxy groups -OCH3 is 1. The number of hydrogen-bond acceptors (Lipinski definition) is 3. The van der Waals surface area contributed by atoms with Crippen LogP contribution in [-0.4, -0.2) is 12.1 Å². The highest BCUT2D eigenvalue weighted by Crippen LogP contribution is 2.24. The predicted molar refractivity (Wildman–Crippen MR) is 61.2 cm³/mol. The lowest BCUT2D eigenvalue weighted by molar-refractivity contribution is 0.415. The van der Waals surface area contributed by atoms with Crippen molar-refractivity contribution in [1.82, 2.24) is 4.98 Å².